The molecule has 0 amide bonds. The lowest BCUT2D eigenvalue weighted by atomic mass is 9.94. The monoisotopic (exact) mass is 298 g/mol. The molecule has 2 nitrogen and oxygen atoms in total. The van der Waals surface area contributed by atoms with Crippen molar-refractivity contribution < 1.29 is 9.84 Å². The van der Waals surface area contributed by atoms with Crippen molar-refractivity contribution in [1.29, 1.82) is 0 Å². The zero-order chi connectivity index (χ0) is 16.2. The average Bonchev–Trinajstić information content (AvgIpc) is 2.53. The highest BCUT2D eigenvalue weighted by molar-refractivity contribution is 5.64. The van der Waals surface area contributed by atoms with Gasteiger partial charge in [0, 0.05) is 0 Å². The molecule has 2 aromatic carbocycles. The first-order valence-corrected chi connectivity index (χ1v) is 7.90. The van der Waals surface area contributed by atoms with Gasteiger partial charge in [0.05, 0.1) is 18.8 Å². The van der Waals surface area contributed by atoms with Gasteiger partial charge in [0.1, 0.15) is 0 Å². The maximum atomic E-state index is 8.91. The summed E-state index contributed by atoms with van der Waals surface area (Å²) in [6.07, 6.45) is 0. The van der Waals surface area contributed by atoms with Gasteiger partial charge in [-0.05, 0) is 42.0 Å². The van der Waals surface area contributed by atoms with E-state index in [0.717, 1.165) is 5.56 Å². The minimum Gasteiger partial charge on any atom is -0.394 e. The van der Waals surface area contributed by atoms with Gasteiger partial charge < -0.3 is 9.84 Å². The van der Waals surface area contributed by atoms with E-state index >= 15 is 0 Å². The summed E-state index contributed by atoms with van der Waals surface area (Å²) in [4.78, 5) is 0. The van der Waals surface area contributed by atoms with Crippen molar-refractivity contribution >= 4 is 0 Å². The van der Waals surface area contributed by atoms with E-state index < -0.39 is 0 Å². The van der Waals surface area contributed by atoms with Gasteiger partial charge in [0.25, 0.3) is 0 Å². The molecule has 0 unspecified atom stereocenters. The van der Waals surface area contributed by atoms with E-state index in [0.29, 0.717) is 12.5 Å². The Bertz CT molecular complexity index is 580. The van der Waals surface area contributed by atoms with E-state index in [4.69, 9.17) is 9.84 Å². The van der Waals surface area contributed by atoms with Crippen LogP contribution < -0.4 is 0 Å². The van der Waals surface area contributed by atoms with Crippen LogP contribution in [0.15, 0.2) is 48.5 Å². The average molecular weight is 298 g/mol. The molecule has 0 aliphatic heterocycles. The summed E-state index contributed by atoms with van der Waals surface area (Å²) in [6.45, 7) is 8.86. The van der Waals surface area contributed by atoms with Gasteiger partial charge in [-0.25, -0.2) is 0 Å². The van der Waals surface area contributed by atoms with Crippen molar-refractivity contribution in [2.75, 3.05) is 13.2 Å². The Kier molecular flexibility index (Phi) is 5.38. The van der Waals surface area contributed by atoms with Crippen LogP contribution in [0.2, 0.25) is 0 Å². The quantitative estimate of drug-likeness (QED) is 0.836. The van der Waals surface area contributed by atoms with Crippen molar-refractivity contribution in [1.82, 2.24) is 0 Å². The zero-order valence-electron chi connectivity index (χ0n) is 14.0. The van der Waals surface area contributed by atoms with Crippen LogP contribution in [-0.2, 0) is 10.3 Å². The molecule has 118 valence electrons. The molecule has 2 heteroatoms. The van der Waals surface area contributed by atoms with E-state index in [1.165, 1.54) is 16.7 Å². The first-order valence-electron chi connectivity index (χ1n) is 7.90. The lowest BCUT2D eigenvalue weighted by Gasteiger charge is -2.25. The highest BCUT2D eigenvalue weighted by Crippen LogP contribution is 2.28. The topological polar surface area (TPSA) is 29.5 Å². The van der Waals surface area contributed by atoms with Crippen LogP contribution in [0.5, 0.6) is 0 Å². The second kappa shape index (κ2) is 7.08. The van der Waals surface area contributed by atoms with Crippen molar-refractivity contribution in [2.24, 2.45) is 0 Å². The molecule has 0 aliphatic carbocycles. The Morgan fingerprint density at radius 3 is 1.86 bits per heavy atom. The molecule has 0 spiro atoms. The van der Waals surface area contributed by atoms with Crippen molar-refractivity contribution in [2.45, 2.75) is 39.2 Å². The molecule has 0 saturated heterocycles. The first kappa shape index (κ1) is 16.7. The van der Waals surface area contributed by atoms with Crippen LogP contribution in [0.25, 0.3) is 11.1 Å². The van der Waals surface area contributed by atoms with Crippen LogP contribution in [0.1, 0.15) is 44.7 Å². The lowest BCUT2D eigenvalue weighted by Crippen LogP contribution is -2.23. The summed E-state index contributed by atoms with van der Waals surface area (Å²) in [7, 11) is 0. The number of rotatable bonds is 6. The third-order valence-corrected chi connectivity index (χ3v) is 4.04. The van der Waals surface area contributed by atoms with Gasteiger partial charge in [-0.3, -0.25) is 0 Å². The molecule has 0 saturated carbocycles. The van der Waals surface area contributed by atoms with Gasteiger partial charge in [0.2, 0.25) is 0 Å². The van der Waals surface area contributed by atoms with Gasteiger partial charge >= 0.3 is 0 Å². The highest BCUT2D eigenvalue weighted by atomic mass is 16.5. The smallest absolute Gasteiger partial charge is 0.0876 e. The maximum absolute atomic E-state index is 8.91. The van der Waals surface area contributed by atoms with E-state index in [2.05, 4.69) is 62.4 Å². The van der Waals surface area contributed by atoms with Crippen LogP contribution >= 0.6 is 0 Å². The molecule has 22 heavy (non-hydrogen) atoms. The van der Waals surface area contributed by atoms with E-state index in [-0.39, 0.29) is 12.2 Å². The SMILES string of the molecule is CC(C)c1ccc(-c2ccc(C(C)(C)OCCO)cc2)cc1. The third-order valence-electron chi connectivity index (χ3n) is 4.04. The fraction of sp³-hybridized carbons (Fsp3) is 0.400. The Morgan fingerprint density at radius 2 is 1.41 bits per heavy atom. The number of aliphatic hydroxyl groups is 1. The number of hydrogen-bond acceptors (Lipinski definition) is 2. The molecule has 1 N–H and O–H groups in total. The summed E-state index contributed by atoms with van der Waals surface area (Å²) in [6, 6.07) is 17.2. The predicted molar refractivity (Wildman–Crippen MR) is 92.0 cm³/mol. The summed E-state index contributed by atoms with van der Waals surface area (Å²) in [5, 5.41) is 8.91. The van der Waals surface area contributed by atoms with E-state index in [1.807, 2.05) is 13.8 Å². The summed E-state index contributed by atoms with van der Waals surface area (Å²) < 4.78 is 5.70. The van der Waals surface area contributed by atoms with Gasteiger partial charge in [-0.1, -0.05) is 62.4 Å². The minimum absolute atomic E-state index is 0.0454. The molecule has 2 aromatic rings. The second-order valence-electron chi connectivity index (χ2n) is 6.44. The molecular weight excluding hydrogens is 272 g/mol. The van der Waals surface area contributed by atoms with Crippen molar-refractivity contribution in [3.05, 3.63) is 59.7 Å². The lowest BCUT2D eigenvalue weighted by molar-refractivity contribution is -0.0369. The van der Waals surface area contributed by atoms with Gasteiger partial charge in [0.15, 0.2) is 0 Å². The molecule has 0 bridgehead atoms. The van der Waals surface area contributed by atoms with E-state index in [1.54, 1.807) is 0 Å². The summed E-state index contributed by atoms with van der Waals surface area (Å²) in [5.41, 5.74) is 4.52. The maximum Gasteiger partial charge on any atom is 0.0876 e. The zero-order valence-corrected chi connectivity index (χ0v) is 14.0. The normalized spacial score (nSPS) is 11.9. The number of aliphatic hydroxyl groups excluding tert-OH is 1. The molecule has 0 radical (unpaired) electrons. The highest BCUT2D eigenvalue weighted by Gasteiger charge is 2.20. The van der Waals surface area contributed by atoms with Crippen molar-refractivity contribution in [3.8, 4) is 11.1 Å². The molecular formula is C20H26O2. The van der Waals surface area contributed by atoms with Crippen LogP contribution in [0.4, 0.5) is 0 Å². The van der Waals surface area contributed by atoms with Crippen LogP contribution in [0.3, 0.4) is 0 Å². The molecule has 0 aliphatic rings. The fourth-order valence-corrected chi connectivity index (χ4v) is 2.51. The molecule has 0 atom stereocenters. The van der Waals surface area contributed by atoms with E-state index in [9.17, 15) is 0 Å². The van der Waals surface area contributed by atoms with Gasteiger partial charge in [-0.15, -0.1) is 0 Å². The van der Waals surface area contributed by atoms with Crippen molar-refractivity contribution in [3.63, 3.8) is 0 Å². The van der Waals surface area contributed by atoms with Crippen LogP contribution in [-0.4, -0.2) is 18.3 Å². The number of ether oxygens (including phenoxy) is 1. The molecule has 0 fully saturated rings. The summed E-state index contributed by atoms with van der Waals surface area (Å²) in [5.74, 6) is 0.556. The Labute approximate surface area is 133 Å². The predicted octanol–water partition coefficient (Wildman–Crippen LogP) is 4.72. The number of hydrogen-bond donors (Lipinski definition) is 1. The third kappa shape index (κ3) is 3.96. The largest absolute Gasteiger partial charge is 0.394 e. The standard InChI is InChI=1S/C20H26O2/c1-15(2)16-5-7-17(8-6-16)18-9-11-19(12-10-18)20(3,4)22-14-13-21/h5-12,15,21H,13-14H2,1-4H3. The molecule has 0 heterocycles. The fourth-order valence-electron chi connectivity index (χ4n) is 2.51. The Morgan fingerprint density at radius 1 is 0.909 bits per heavy atom. The minimum atomic E-state index is -0.386. The summed E-state index contributed by atoms with van der Waals surface area (Å²) >= 11 is 0. The van der Waals surface area contributed by atoms with Gasteiger partial charge in [-0.2, -0.15) is 0 Å². The Balaban J connectivity index is 2.18. The number of benzene rings is 2. The molecule has 2 rings (SSSR count). The second-order valence-corrected chi connectivity index (χ2v) is 6.44. The van der Waals surface area contributed by atoms with Crippen LogP contribution in [0, 0.1) is 0 Å². The Hall–Kier alpha value is -1.64. The first-order chi connectivity index (χ1) is 10.4. The molecule has 0 aromatic heterocycles.